The summed E-state index contributed by atoms with van der Waals surface area (Å²) in [4.78, 5) is 0. The summed E-state index contributed by atoms with van der Waals surface area (Å²) in [7, 11) is -0.0421. The molecule has 0 saturated heterocycles. The summed E-state index contributed by atoms with van der Waals surface area (Å²) < 4.78 is 24.9. The van der Waals surface area contributed by atoms with E-state index in [1.165, 1.54) is 0 Å². The molecular formula is C41H35O4P. The minimum absolute atomic E-state index is 0.0421. The van der Waals surface area contributed by atoms with Crippen molar-refractivity contribution in [2.45, 2.75) is 20.0 Å². The fourth-order valence-electron chi connectivity index (χ4n) is 5.74. The zero-order valence-electron chi connectivity index (χ0n) is 25.7. The third-order valence-electron chi connectivity index (χ3n) is 8.01. The number of para-hydroxylation sites is 1. The van der Waals surface area contributed by atoms with E-state index in [9.17, 15) is 9.67 Å². The van der Waals surface area contributed by atoms with Crippen molar-refractivity contribution in [3.05, 3.63) is 151 Å². The molecule has 0 unspecified atom stereocenters. The first-order valence-electron chi connectivity index (χ1n) is 15.4. The van der Waals surface area contributed by atoms with E-state index in [-0.39, 0.29) is 14.2 Å². The van der Waals surface area contributed by atoms with Gasteiger partial charge >= 0.3 is 0 Å². The van der Waals surface area contributed by atoms with Crippen LogP contribution in [-0.4, -0.2) is 18.3 Å². The second-order valence-electron chi connectivity index (χ2n) is 11.1. The van der Waals surface area contributed by atoms with Crippen molar-refractivity contribution in [1.82, 2.24) is 0 Å². The van der Waals surface area contributed by atoms with E-state index < -0.39 is 0 Å². The molecule has 0 amide bonds. The van der Waals surface area contributed by atoms with Crippen LogP contribution in [0, 0.1) is 6.92 Å². The molecule has 0 saturated carbocycles. The topological polar surface area (TPSA) is 55.8 Å². The minimum atomic E-state index is -0.0421. The van der Waals surface area contributed by atoms with Crippen LogP contribution in [0.1, 0.15) is 17.5 Å². The summed E-state index contributed by atoms with van der Waals surface area (Å²) in [6.07, 6.45) is 0.695. The highest BCUT2D eigenvalue weighted by molar-refractivity contribution is 7.35. The molecule has 6 rings (SSSR count). The Balaban J connectivity index is 1.12. The van der Waals surface area contributed by atoms with Crippen molar-refractivity contribution in [1.29, 1.82) is 0 Å². The lowest BCUT2D eigenvalue weighted by Crippen LogP contribution is -2.07. The number of phenols is 1. The van der Waals surface area contributed by atoms with E-state index in [1.807, 2.05) is 140 Å². The maximum atomic E-state index is 12.5. The number of benzene rings is 6. The molecular weight excluding hydrogens is 587 g/mol. The van der Waals surface area contributed by atoms with Crippen LogP contribution in [-0.2, 0) is 15.9 Å². The van der Waals surface area contributed by atoms with E-state index in [1.54, 1.807) is 0 Å². The van der Waals surface area contributed by atoms with Gasteiger partial charge in [0.1, 0.15) is 11.5 Å². The molecule has 0 atom stereocenters. The van der Waals surface area contributed by atoms with Crippen molar-refractivity contribution in [3.8, 4) is 56.0 Å². The molecule has 0 fully saturated rings. The van der Waals surface area contributed by atoms with Gasteiger partial charge < -0.3 is 14.6 Å². The standard InChI is InChI=1S/C41H35O4P/c1-29-23-24-39(38(27-29)37-22-11-20-35(41(37)46-43)31-15-6-3-7-16-31)45-26-12-25-44-28-32-17-8-9-18-33(32)36-21-10-19-34(40(36)42)30-13-4-2-5-14-30/h2-11,13-24,27,42H,12,25-26,28H2,1H3. The van der Waals surface area contributed by atoms with E-state index in [2.05, 4.69) is 6.07 Å². The van der Waals surface area contributed by atoms with Crippen molar-refractivity contribution in [2.75, 3.05) is 13.2 Å². The van der Waals surface area contributed by atoms with Crippen LogP contribution < -0.4 is 10.0 Å². The lowest BCUT2D eigenvalue weighted by atomic mass is 9.94. The number of rotatable bonds is 12. The Morgan fingerprint density at radius 1 is 0.587 bits per heavy atom. The molecule has 0 spiro atoms. The maximum absolute atomic E-state index is 12.5. The van der Waals surface area contributed by atoms with Crippen LogP contribution in [0.25, 0.3) is 44.5 Å². The van der Waals surface area contributed by atoms with Gasteiger partial charge in [-0.1, -0.05) is 133 Å². The molecule has 6 aromatic carbocycles. The number of phenolic OH excluding ortho intramolecular Hbond substituents is 1. The Morgan fingerprint density at radius 3 is 1.93 bits per heavy atom. The molecule has 6 aromatic rings. The predicted molar refractivity (Wildman–Crippen MR) is 188 cm³/mol. The number of hydrogen-bond acceptors (Lipinski definition) is 4. The van der Waals surface area contributed by atoms with Gasteiger partial charge in [0.15, 0.2) is 8.46 Å². The summed E-state index contributed by atoms with van der Waals surface area (Å²) in [5.41, 5.74) is 9.39. The monoisotopic (exact) mass is 622 g/mol. The predicted octanol–water partition coefficient (Wildman–Crippen LogP) is 10.3. The lowest BCUT2D eigenvalue weighted by Gasteiger charge is -2.16. The molecule has 1 N–H and O–H groups in total. The molecule has 0 radical (unpaired) electrons. The van der Waals surface area contributed by atoms with Gasteiger partial charge in [-0.2, -0.15) is 0 Å². The van der Waals surface area contributed by atoms with Gasteiger partial charge in [0.2, 0.25) is 0 Å². The maximum Gasteiger partial charge on any atom is 0.193 e. The normalized spacial score (nSPS) is 11.1. The van der Waals surface area contributed by atoms with E-state index >= 15 is 0 Å². The molecule has 4 nitrogen and oxygen atoms in total. The molecule has 0 aromatic heterocycles. The summed E-state index contributed by atoms with van der Waals surface area (Å²) in [5.74, 6) is 1.01. The summed E-state index contributed by atoms with van der Waals surface area (Å²) in [6, 6.07) is 45.9. The number of aromatic hydroxyl groups is 1. The van der Waals surface area contributed by atoms with Gasteiger partial charge in [0, 0.05) is 28.7 Å². The highest BCUT2D eigenvalue weighted by Crippen LogP contribution is 2.39. The minimum Gasteiger partial charge on any atom is -0.507 e. The van der Waals surface area contributed by atoms with Crippen LogP contribution in [0.2, 0.25) is 0 Å². The average molecular weight is 623 g/mol. The molecule has 0 bridgehead atoms. The van der Waals surface area contributed by atoms with E-state index in [0.29, 0.717) is 26.2 Å². The summed E-state index contributed by atoms with van der Waals surface area (Å²) in [5, 5.41) is 12.0. The fourth-order valence-corrected chi connectivity index (χ4v) is 6.33. The Labute approximate surface area is 272 Å². The van der Waals surface area contributed by atoms with Crippen LogP contribution >= 0.6 is 8.46 Å². The molecule has 0 heterocycles. The van der Waals surface area contributed by atoms with Gasteiger partial charge in [-0.25, -0.2) is 0 Å². The molecule has 46 heavy (non-hydrogen) atoms. The summed E-state index contributed by atoms with van der Waals surface area (Å²) in [6.45, 7) is 3.45. The SMILES string of the molecule is Cc1ccc(OCCCOCc2ccccc2-c2cccc(-c3ccccc3)c2O)c(-c2cccc(-c3ccccc3)c2P=O)c1. The van der Waals surface area contributed by atoms with Crippen LogP contribution in [0.3, 0.4) is 0 Å². The first kappa shape index (κ1) is 31.0. The van der Waals surface area contributed by atoms with Crippen molar-refractivity contribution in [2.24, 2.45) is 0 Å². The van der Waals surface area contributed by atoms with Crippen molar-refractivity contribution in [3.63, 3.8) is 0 Å². The Kier molecular flexibility index (Phi) is 10.00. The van der Waals surface area contributed by atoms with Crippen LogP contribution in [0.4, 0.5) is 0 Å². The third-order valence-corrected chi connectivity index (χ3v) is 8.68. The molecule has 5 heteroatoms. The smallest absolute Gasteiger partial charge is 0.193 e. The second kappa shape index (κ2) is 14.8. The van der Waals surface area contributed by atoms with Gasteiger partial charge in [0.05, 0.1) is 25.1 Å². The zero-order chi connectivity index (χ0) is 31.7. The quantitative estimate of drug-likeness (QED) is 0.109. The summed E-state index contributed by atoms with van der Waals surface area (Å²) >= 11 is 0. The highest BCUT2D eigenvalue weighted by Gasteiger charge is 2.17. The van der Waals surface area contributed by atoms with Gasteiger partial charge in [0.25, 0.3) is 0 Å². The van der Waals surface area contributed by atoms with Crippen molar-refractivity contribution >= 4 is 13.8 Å². The Morgan fingerprint density at radius 2 is 1.20 bits per heavy atom. The number of ether oxygens (including phenoxy) is 2. The van der Waals surface area contributed by atoms with Crippen LogP contribution in [0.5, 0.6) is 11.5 Å². The molecule has 0 aliphatic heterocycles. The Bertz CT molecular complexity index is 1940. The first-order valence-corrected chi connectivity index (χ1v) is 16.2. The van der Waals surface area contributed by atoms with Gasteiger partial charge in [-0.3, -0.25) is 4.57 Å². The van der Waals surface area contributed by atoms with Crippen LogP contribution in [0.15, 0.2) is 140 Å². The largest absolute Gasteiger partial charge is 0.507 e. The third kappa shape index (κ3) is 6.94. The van der Waals surface area contributed by atoms with E-state index in [0.717, 1.165) is 66.7 Å². The first-order chi connectivity index (χ1) is 22.6. The van der Waals surface area contributed by atoms with Crippen molar-refractivity contribution < 1.29 is 19.1 Å². The molecule has 0 aliphatic rings. The molecule has 0 aliphatic carbocycles. The lowest BCUT2D eigenvalue weighted by molar-refractivity contribution is 0.107. The van der Waals surface area contributed by atoms with Gasteiger partial charge in [-0.15, -0.1) is 0 Å². The highest BCUT2D eigenvalue weighted by atomic mass is 31.1. The van der Waals surface area contributed by atoms with Gasteiger partial charge in [-0.05, 0) is 46.9 Å². The number of hydrogen-bond donors (Lipinski definition) is 1. The fraction of sp³-hybridized carbons (Fsp3) is 0.122. The Hall–Kier alpha value is -5.02. The average Bonchev–Trinajstić information content (AvgIpc) is 3.11. The molecule has 228 valence electrons. The zero-order valence-corrected chi connectivity index (χ0v) is 26.6. The number of aryl methyl sites for hydroxylation is 1. The second-order valence-corrected chi connectivity index (χ2v) is 11.8. The van der Waals surface area contributed by atoms with E-state index in [4.69, 9.17) is 9.47 Å².